The zero-order chi connectivity index (χ0) is 17.7. The first-order valence-electron chi connectivity index (χ1n) is 7.46. The Morgan fingerprint density at radius 3 is 2.50 bits per heavy atom. The molecule has 0 saturated heterocycles. The fourth-order valence-electron chi connectivity index (χ4n) is 2.01. The highest BCUT2D eigenvalue weighted by atomic mass is 32.2. The van der Waals surface area contributed by atoms with E-state index in [1.807, 2.05) is 0 Å². The summed E-state index contributed by atoms with van der Waals surface area (Å²) in [4.78, 5) is 12.4. The van der Waals surface area contributed by atoms with Crippen molar-refractivity contribution >= 4 is 16.0 Å². The lowest BCUT2D eigenvalue weighted by atomic mass is 10.1. The minimum absolute atomic E-state index is 0.0920. The summed E-state index contributed by atoms with van der Waals surface area (Å²) in [6.45, 7) is 5.12. The molecule has 1 unspecified atom stereocenters. The SMILES string of the molecule is Cc1cc(COC(=O)C(NS(=O)(=O)c2ccccc2)C(C)C)on1. The average Bonchev–Trinajstić information content (AvgIpc) is 2.96. The van der Waals surface area contributed by atoms with Crippen LogP contribution < -0.4 is 4.72 Å². The zero-order valence-corrected chi connectivity index (χ0v) is 14.5. The number of hydrogen-bond acceptors (Lipinski definition) is 6. The third kappa shape index (κ3) is 4.65. The minimum Gasteiger partial charge on any atom is -0.456 e. The molecule has 1 aromatic carbocycles. The largest absolute Gasteiger partial charge is 0.456 e. The van der Waals surface area contributed by atoms with Gasteiger partial charge in [-0.3, -0.25) is 4.79 Å². The van der Waals surface area contributed by atoms with Gasteiger partial charge in [-0.2, -0.15) is 4.72 Å². The maximum atomic E-state index is 12.4. The van der Waals surface area contributed by atoms with Gasteiger partial charge in [0.15, 0.2) is 12.4 Å². The number of ether oxygens (including phenoxy) is 1. The number of aromatic nitrogens is 1. The van der Waals surface area contributed by atoms with Gasteiger partial charge in [0.25, 0.3) is 0 Å². The molecule has 0 bridgehead atoms. The molecule has 8 heteroatoms. The van der Waals surface area contributed by atoms with Crippen molar-refractivity contribution in [1.82, 2.24) is 9.88 Å². The number of nitrogens with one attached hydrogen (secondary N) is 1. The molecule has 1 aromatic heterocycles. The highest BCUT2D eigenvalue weighted by Gasteiger charge is 2.29. The second-order valence-corrected chi connectivity index (χ2v) is 7.41. The summed E-state index contributed by atoms with van der Waals surface area (Å²) in [7, 11) is -3.81. The second kappa shape index (κ2) is 7.59. The molecule has 1 heterocycles. The maximum absolute atomic E-state index is 12.4. The molecule has 0 aliphatic heterocycles. The van der Waals surface area contributed by atoms with Gasteiger partial charge in [0.05, 0.1) is 10.6 Å². The standard InChI is InChI=1S/C16H20N2O5S/c1-11(2)15(16(19)22-10-13-9-12(3)17-23-13)18-24(20,21)14-7-5-4-6-8-14/h4-9,11,15,18H,10H2,1-3H3. The number of carbonyl (C=O) groups excluding carboxylic acids is 1. The van der Waals surface area contributed by atoms with E-state index in [4.69, 9.17) is 9.26 Å². The van der Waals surface area contributed by atoms with Crippen LogP contribution in [-0.2, 0) is 26.2 Å². The summed E-state index contributed by atoms with van der Waals surface area (Å²) in [5.74, 6) is -0.555. The summed E-state index contributed by atoms with van der Waals surface area (Å²) >= 11 is 0. The molecule has 1 N–H and O–H groups in total. The van der Waals surface area contributed by atoms with Gasteiger partial charge in [0.1, 0.15) is 6.04 Å². The fraction of sp³-hybridized carbons (Fsp3) is 0.375. The van der Waals surface area contributed by atoms with Crippen LogP contribution in [0.2, 0.25) is 0 Å². The van der Waals surface area contributed by atoms with Crippen LogP contribution in [0.4, 0.5) is 0 Å². The van der Waals surface area contributed by atoms with E-state index >= 15 is 0 Å². The molecule has 24 heavy (non-hydrogen) atoms. The Balaban J connectivity index is 2.07. The van der Waals surface area contributed by atoms with E-state index in [0.29, 0.717) is 11.5 Å². The van der Waals surface area contributed by atoms with Gasteiger partial charge < -0.3 is 9.26 Å². The minimum atomic E-state index is -3.81. The van der Waals surface area contributed by atoms with Gasteiger partial charge in [0.2, 0.25) is 10.0 Å². The maximum Gasteiger partial charge on any atom is 0.324 e. The highest BCUT2D eigenvalue weighted by Crippen LogP contribution is 2.13. The van der Waals surface area contributed by atoms with Crippen molar-refractivity contribution in [2.24, 2.45) is 5.92 Å². The Labute approximate surface area is 141 Å². The molecule has 7 nitrogen and oxygen atoms in total. The van der Waals surface area contributed by atoms with Crippen LogP contribution >= 0.6 is 0 Å². The Bertz CT molecular complexity index is 784. The van der Waals surface area contributed by atoms with Crippen molar-refractivity contribution in [1.29, 1.82) is 0 Å². The molecule has 0 aliphatic rings. The summed E-state index contributed by atoms with van der Waals surface area (Å²) < 4.78 is 37.3. The lowest BCUT2D eigenvalue weighted by Crippen LogP contribution is -2.45. The molecule has 130 valence electrons. The number of esters is 1. The smallest absolute Gasteiger partial charge is 0.324 e. The molecular weight excluding hydrogens is 332 g/mol. The summed E-state index contributed by atoms with van der Waals surface area (Å²) in [5.41, 5.74) is 0.672. The number of sulfonamides is 1. The van der Waals surface area contributed by atoms with Gasteiger partial charge in [-0.25, -0.2) is 8.42 Å². The molecule has 0 aliphatic carbocycles. The van der Waals surface area contributed by atoms with Gasteiger partial charge >= 0.3 is 5.97 Å². The number of aryl methyl sites for hydroxylation is 1. The lowest BCUT2D eigenvalue weighted by Gasteiger charge is -2.20. The third-order valence-electron chi connectivity index (χ3n) is 3.29. The fourth-order valence-corrected chi connectivity index (χ4v) is 3.36. The van der Waals surface area contributed by atoms with Crippen molar-refractivity contribution in [3.8, 4) is 0 Å². The molecule has 0 spiro atoms. The molecule has 0 amide bonds. The van der Waals surface area contributed by atoms with Crippen molar-refractivity contribution in [2.45, 2.75) is 38.3 Å². The predicted octanol–water partition coefficient (Wildman–Crippen LogP) is 2.03. The number of carbonyl (C=O) groups is 1. The molecule has 1 atom stereocenters. The van der Waals surface area contributed by atoms with Gasteiger partial charge in [-0.15, -0.1) is 0 Å². The monoisotopic (exact) mass is 352 g/mol. The van der Waals surface area contributed by atoms with Crippen LogP contribution in [0.3, 0.4) is 0 Å². The number of nitrogens with zero attached hydrogens (tertiary/aromatic N) is 1. The molecule has 2 rings (SSSR count). The molecule has 0 radical (unpaired) electrons. The molecule has 0 saturated carbocycles. The van der Waals surface area contributed by atoms with Crippen LogP contribution in [0.25, 0.3) is 0 Å². The van der Waals surface area contributed by atoms with Gasteiger partial charge in [-0.1, -0.05) is 37.2 Å². The lowest BCUT2D eigenvalue weighted by molar-refractivity contribution is -0.148. The van der Waals surface area contributed by atoms with Gasteiger partial charge in [-0.05, 0) is 25.0 Å². The Morgan fingerprint density at radius 1 is 1.29 bits per heavy atom. The van der Waals surface area contributed by atoms with E-state index in [1.165, 1.54) is 12.1 Å². The van der Waals surface area contributed by atoms with Crippen LogP contribution in [0.1, 0.15) is 25.3 Å². The first-order valence-corrected chi connectivity index (χ1v) is 8.94. The van der Waals surface area contributed by atoms with Crippen LogP contribution in [0, 0.1) is 12.8 Å². The van der Waals surface area contributed by atoms with Crippen molar-refractivity contribution in [2.75, 3.05) is 0 Å². The molecule has 2 aromatic rings. The Morgan fingerprint density at radius 2 is 1.96 bits per heavy atom. The van der Waals surface area contributed by atoms with E-state index in [-0.39, 0.29) is 17.4 Å². The van der Waals surface area contributed by atoms with Crippen LogP contribution in [-0.4, -0.2) is 25.6 Å². The van der Waals surface area contributed by atoms with E-state index in [0.717, 1.165) is 0 Å². The van der Waals surface area contributed by atoms with E-state index in [2.05, 4.69) is 9.88 Å². The third-order valence-corrected chi connectivity index (χ3v) is 4.75. The summed E-state index contributed by atoms with van der Waals surface area (Å²) in [6.07, 6.45) is 0. The highest BCUT2D eigenvalue weighted by molar-refractivity contribution is 7.89. The first kappa shape index (κ1) is 18.2. The number of benzene rings is 1. The van der Waals surface area contributed by atoms with Crippen molar-refractivity contribution < 1.29 is 22.5 Å². The number of rotatable bonds is 7. The van der Waals surface area contributed by atoms with E-state index in [9.17, 15) is 13.2 Å². The van der Waals surface area contributed by atoms with Gasteiger partial charge in [0, 0.05) is 6.07 Å². The summed E-state index contributed by atoms with van der Waals surface area (Å²) in [6, 6.07) is 8.51. The normalized spacial score (nSPS) is 13.0. The van der Waals surface area contributed by atoms with Crippen LogP contribution in [0.5, 0.6) is 0 Å². The molecule has 0 fully saturated rings. The quantitative estimate of drug-likeness (QED) is 0.766. The van der Waals surface area contributed by atoms with E-state index < -0.39 is 22.0 Å². The second-order valence-electron chi connectivity index (χ2n) is 5.70. The van der Waals surface area contributed by atoms with E-state index in [1.54, 1.807) is 45.0 Å². The average molecular weight is 352 g/mol. The first-order chi connectivity index (χ1) is 11.3. The van der Waals surface area contributed by atoms with Crippen molar-refractivity contribution in [3.05, 3.63) is 47.9 Å². The number of hydrogen-bond donors (Lipinski definition) is 1. The zero-order valence-electron chi connectivity index (χ0n) is 13.7. The topological polar surface area (TPSA) is 98.5 Å². The Hall–Kier alpha value is -2.19. The van der Waals surface area contributed by atoms with Crippen molar-refractivity contribution in [3.63, 3.8) is 0 Å². The predicted molar refractivity (Wildman–Crippen MR) is 86.4 cm³/mol. The summed E-state index contributed by atoms with van der Waals surface area (Å²) in [5, 5.41) is 3.70. The van der Waals surface area contributed by atoms with Crippen LogP contribution in [0.15, 0.2) is 45.8 Å². The molecular formula is C16H20N2O5S. The Kier molecular flexibility index (Phi) is 5.74.